The number of methoxy groups -OCH3 is 1. The number of rotatable bonds is 10. The van der Waals surface area contributed by atoms with Gasteiger partial charge in [0.25, 0.3) is 0 Å². The number of benzene rings is 1. The summed E-state index contributed by atoms with van der Waals surface area (Å²) in [7, 11) is 1.60. The highest BCUT2D eigenvalue weighted by atomic mass is 16.5. The van der Waals surface area contributed by atoms with Crippen LogP contribution in [-0.4, -0.2) is 48.7 Å². The van der Waals surface area contributed by atoms with Crippen LogP contribution in [0.25, 0.3) is 0 Å². The number of hydrogen-bond donors (Lipinski definition) is 3. The fraction of sp³-hybridized carbons (Fsp3) is 0.625. The molecular weight excluding hydrogens is 270 g/mol. The molecule has 0 aromatic heterocycles. The lowest BCUT2D eigenvalue weighted by Gasteiger charge is -2.30. The van der Waals surface area contributed by atoms with Gasteiger partial charge >= 0.3 is 0 Å². The van der Waals surface area contributed by atoms with E-state index < -0.39 is 6.10 Å². The zero-order valence-electron chi connectivity index (χ0n) is 13.1. The Bertz CT molecular complexity index is 413. The van der Waals surface area contributed by atoms with Crippen LogP contribution in [-0.2, 0) is 0 Å². The SMILES string of the molecule is CCC(C)(CCO)NCC(O)COc1cccc(OC)c1. The Morgan fingerprint density at radius 1 is 1.33 bits per heavy atom. The van der Waals surface area contributed by atoms with Crippen molar-refractivity contribution in [1.29, 1.82) is 0 Å². The van der Waals surface area contributed by atoms with Crippen LogP contribution in [0.2, 0.25) is 0 Å². The molecule has 1 aromatic rings. The third-order valence-corrected chi connectivity index (χ3v) is 3.69. The minimum Gasteiger partial charge on any atom is -0.497 e. The Morgan fingerprint density at radius 3 is 2.67 bits per heavy atom. The van der Waals surface area contributed by atoms with E-state index in [-0.39, 0.29) is 18.8 Å². The van der Waals surface area contributed by atoms with Crippen LogP contribution in [0.4, 0.5) is 0 Å². The van der Waals surface area contributed by atoms with E-state index in [1.165, 1.54) is 0 Å². The first-order chi connectivity index (χ1) is 10.0. The highest BCUT2D eigenvalue weighted by Gasteiger charge is 2.21. The van der Waals surface area contributed by atoms with E-state index in [0.29, 0.717) is 18.7 Å². The van der Waals surface area contributed by atoms with Gasteiger partial charge in [-0.15, -0.1) is 0 Å². The van der Waals surface area contributed by atoms with Crippen molar-refractivity contribution in [1.82, 2.24) is 5.32 Å². The molecule has 2 atom stereocenters. The van der Waals surface area contributed by atoms with Crippen LogP contribution in [0.1, 0.15) is 26.7 Å². The lowest BCUT2D eigenvalue weighted by molar-refractivity contribution is 0.0933. The Kier molecular flexibility index (Phi) is 7.50. The van der Waals surface area contributed by atoms with Crippen LogP contribution in [0.5, 0.6) is 11.5 Å². The molecule has 0 amide bonds. The molecule has 2 unspecified atom stereocenters. The van der Waals surface area contributed by atoms with E-state index >= 15 is 0 Å². The summed E-state index contributed by atoms with van der Waals surface area (Å²) in [5.41, 5.74) is -0.161. The minimum absolute atomic E-state index is 0.133. The Morgan fingerprint density at radius 2 is 2.05 bits per heavy atom. The minimum atomic E-state index is -0.610. The van der Waals surface area contributed by atoms with Crippen molar-refractivity contribution in [3.8, 4) is 11.5 Å². The first kappa shape index (κ1) is 17.8. The molecule has 0 spiro atoms. The number of β-amino-alcohol motifs (C(OH)–C–C–N with tert-alkyl or cyclic N) is 1. The van der Waals surface area contributed by atoms with Crippen LogP contribution < -0.4 is 14.8 Å². The predicted molar refractivity (Wildman–Crippen MR) is 82.9 cm³/mol. The standard InChI is InChI=1S/C16H27NO4/c1-4-16(2,8-9-18)17-11-13(19)12-21-15-7-5-6-14(10-15)20-3/h5-7,10,13,17-19H,4,8-9,11-12H2,1-3H3. The zero-order valence-corrected chi connectivity index (χ0v) is 13.1. The summed E-state index contributed by atoms with van der Waals surface area (Å²) in [6, 6.07) is 7.28. The predicted octanol–water partition coefficient (Wildman–Crippen LogP) is 1.58. The van der Waals surface area contributed by atoms with Crippen LogP contribution in [0, 0.1) is 0 Å². The highest BCUT2D eigenvalue weighted by Crippen LogP contribution is 2.19. The Labute approximate surface area is 126 Å². The summed E-state index contributed by atoms with van der Waals surface area (Å²) in [5.74, 6) is 1.39. The van der Waals surface area contributed by atoms with Crippen molar-refractivity contribution in [2.75, 3.05) is 26.9 Å². The molecule has 21 heavy (non-hydrogen) atoms. The average molecular weight is 297 g/mol. The summed E-state index contributed by atoms with van der Waals surface area (Å²) in [5, 5.41) is 22.3. The van der Waals surface area contributed by atoms with Crippen molar-refractivity contribution in [3.05, 3.63) is 24.3 Å². The Hall–Kier alpha value is -1.30. The van der Waals surface area contributed by atoms with E-state index in [0.717, 1.165) is 12.2 Å². The molecule has 0 aliphatic heterocycles. The van der Waals surface area contributed by atoms with Gasteiger partial charge in [-0.05, 0) is 31.9 Å². The second-order valence-corrected chi connectivity index (χ2v) is 5.41. The first-order valence-corrected chi connectivity index (χ1v) is 7.34. The second-order valence-electron chi connectivity index (χ2n) is 5.41. The molecule has 5 nitrogen and oxygen atoms in total. The molecule has 0 fully saturated rings. The van der Waals surface area contributed by atoms with E-state index in [9.17, 15) is 5.11 Å². The number of aliphatic hydroxyl groups is 2. The fourth-order valence-corrected chi connectivity index (χ4v) is 1.94. The van der Waals surface area contributed by atoms with Crippen molar-refractivity contribution < 1.29 is 19.7 Å². The normalized spacial score (nSPS) is 15.3. The molecule has 120 valence electrons. The molecule has 0 aliphatic carbocycles. The quantitative estimate of drug-likeness (QED) is 0.611. The molecule has 5 heteroatoms. The smallest absolute Gasteiger partial charge is 0.123 e. The highest BCUT2D eigenvalue weighted by molar-refractivity contribution is 5.32. The van der Waals surface area contributed by atoms with Crippen LogP contribution in [0.15, 0.2) is 24.3 Å². The first-order valence-electron chi connectivity index (χ1n) is 7.34. The van der Waals surface area contributed by atoms with Gasteiger partial charge in [0.15, 0.2) is 0 Å². The molecule has 0 saturated heterocycles. The maximum absolute atomic E-state index is 9.98. The van der Waals surface area contributed by atoms with Gasteiger partial charge in [0.1, 0.15) is 24.2 Å². The largest absolute Gasteiger partial charge is 0.497 e. The van der Waals surface area contributed by atoms with E-state index in [4.69, 9.17) is 14.6 Å². The molecule has 3 N–H and O–H groups in total. The van der Waals surface area contributed by atoms with E-state index in [1.807, 2.05) is 25.1 Å². The topological polar surface area (TPSA) is 71.0 Å². The lowest BCUT2D eigenvalue weighted by atomic mass is 9.95. The van der Waals surface area contributed by atoms with Crippen molar-refractivity contribution >= 4 is 0 Å². The van der Waals surface area contributed by atoms with Crippen LogP contribution in [0.3, 0.4) is 0 Å². The van der Waals surface area contributed by atoms with Gasteiger partial charge in [-0.2, -0.15) is 0 Å². The summed E-state index contributed by atoms with van der Waals surface area (Å²) in [4.78, 5) is 0. The van der Waals surface area contributed by atoms with Gasteiger partial charge in [-0.3, -0.25) is 0 Å². The van der Waals surface area contributed by atoms with Crippen molar-refractivity contribution in [2.45, 2.75) is 38.3 Å². The fourth-order valence-electron chi connectivity index (χ4n) is 1.94. The molecule has 0 heterocycles. The maximum atomic E-state index is 9.98. The Balaban J connectivity index is 2.38. The molecule has 0 radical (unpaired) electrons. The number of aliphatic hydroxyl groups excluding tert-OH is 2. The molecular formula is C16H27NO4. The summed E-state index contributed by atoms with van der Waals surface area (Å²) < 4.78 is 10.7. The van der Waals surface area contributed by atoms with Crippen molar-refractivity contribution in [2.24, 2.45) is 0 Å². The number of nitrogens with one attached hydrogen (secondary N) is 1. The zero-order chi connectivity index (χ0) is 15.7. The second kappa shape index (κ2) is 8.87. The van der Waals surface area contributed by atoms with Crippen molar-refractivity contribution in [3.63, 3.8) is 0 Å². The van der Waals surface area contributed by atoms with E-state index in [2.05, 4.69) is 12.2 Å². The van der Waals surface area contributed by atoms with Gasteiger partial charge in [0.2, 0.25) is 0 Å². The van der Waals surface area contributed by atoms with Gasteiger partial charge in [0, 0.05) is 24.8 Å². The van der Waals surface area contributed by atoms with E-state index in [1.54, 1.807) is 13.2 Å². The molecule has 0 aliphatic rings. The molecule has 1 rings (SSSR count). The van der Waals surface area contributed by atoms with Gasteiger partial charge in [0.05, 0.1) is 7.11 Å². The molecule has 0 saturated carbocycles. The average Bonchev–Trinajstić information content (AvgIpc) is 2.51. The van der Waals surface area contributed by atoms with Gasteiger partial charge in [-0.1, -0.05) is 13.0 Å². The summed E-state index contributed by atoms with van der Waals surface area (Å²) in [6.45, 7) is 4.86. The molecule has 0 bridgehead atoms. The third-order valence-electron chi connectivity index (χ3n) is 3.69. The monoisotopic (exact) mass is 297 g/mol. The maximum Gasteiger partial charge on any atom is 0.123 e. The third kappa shape index (κ3) is 6.33. The number of ether oxygens (including phenoxy) is 2. The van der Waals surface area contributed by atoms with Gasteiger partial charge < -0.3 is 25.0 Å². The van der Waals surface area contributed by atoms with Gasteiger partial charge in [-0.25, -0.2) is 0 Å². The number of hydrogen-bond acceptors (Lipinski definition) is 5. The molecule has 1 aromatic carbocycles. The summed E-state index contributed by atoms with van der Waals surface area (Å²) >= 11 is 0. The lowest BCUT2D eigenvalue weighted by Crippen LogP contribution is -2.47. The van der Waals surface area contributed by atoms with Crippen LogP contribution >= 0.6 is 0 Å². The summed E-state index contributed by atoms with van der Waals surface area (Å²) in [6.07, 6.45) is 0.935.